The summed E-state index contributed by atoms with van der Waals surface area (Å²) in [4.78, 5) is 10.0. The fourth-order valence-corrected chi connectivity index (χ4v) is 0.532. The van der Waals surface area contributed by atoms with Gasteiger partial charge in [0, 0.05) is 5.56 Å². The SMILES string of the molecule is O=Cc1ccccc1.O=[SH](=O)O.[NaH]. The van der Waals surface area contributed by atoms with Crippen LogP contribution in [0.3, 0.4) is 0 Å². The van der Waals surface area contributed by atoms with E-state index in [0.717, 1.165) is 11.8 Å². The number of thiol groups is 1. The van der Waals surface area contributed by atoms with Gasteiger partial charge >= 0.3 is 29.6 Å². The van der Waals surface area contributed by atoms with Gasteiger partial charge in [0.1, 0.15) is 6.29 Å². The van der Waals surface area contributed by atoms with Crippen LogP contribution < -0.4 is 0 Å². The third kappa shape index (κ3) is 11.8. The summed E-state index contributed by atoms with van der Waals surface area (Å²) < 4.78 is 24.2. The van der Waals surface area contributed by atoms with Gasteiger partial charge in [0.05, 0.1) is 0 Å². The Morgan fingerprint density at radius 1 is 1.15 bits per heavy atom. The summed E-state index contributed by atoms with van der Waals surface area (Å²) in [7, 11) is -3.12. The Kier molecular flexibility index (Phi) is 11.6. The quantitative estimate of drug-likeness (QED) is 0.295. The topological polar surface area (TPSA) is 71.4 Å². The van der Waals surface area contributed by atoms with Crippen LogP contribution in [0.5, 0.6) is 0 Å². The van der Waals surface area contributed by atoms with E-state index in [9.17, 15) is 4.79 Å². The van der Waals surface area contributed by atoms with E-state index in [2.05, 4.69) is 0 Å². The molecule has 68 valence electrons. The van der Waals surface area contributed by atoms with Crippen LogP contribution in [-0.4, -0.2) is 48.8 Å². The Labute approximate surface area is 100 Å². The van der Waals surface area contributed by atoms with Crippen molar-refractivity contribution in [1.82, 2.24) is 0 Å². The zero-order valence-corrected chi connectivity index (χ0v) is 6.98. The van der Waals surface area contributed by atoms with E-state index in [-0.39, 0.29) is 29.6 Å². The summed E-state index contributed by atoms with van der Waals surface area (Å²) in [5, 5.41) is 0. The van der Waals surface area contributed by atoms with Gasteiger partial charge in [0.2, 0.25) is 0 Å². The third-order valence-corrected chi connectivity index (χ3v) is 0.936. The predicted molar refractivity (Wildman–Crippen MR) is 51.9 cm³/mol. The molecule has 0 amide bonds. The molecule has 0 radical (unpaired) electrons. The molecule has 0 aliphatic rings. The third-order valence-electron chi connectivity index (χ3n) is 0.936. The second-order valence-electron chi connectivity index (χ2n) is 1.77. The van der Waals surface area contributed by atoms with Gasteiger partial charge in [0.15, 0.2) is 0 Å². The summed E-state index contributed by atoms with van der Waals surface area (Å²) >= 11 is 0. The van der Waals surface area contributed by atoms with E-state index in [1.54, 1.807) is 12.1 Å². The molecule has 0 heterocycles. The molecule has 0 saturated carbocycles. The Hall–Kier alpha value is -0.200. The van der Waals surface area contributed by atoms with E-state index in [1.807, 2.05) is 18.2 Å². The molecule has 1 aromatic carbocycles. The number of hydrogen-bond donors (Lipinski definition) is 2. The summed E-state index contributed by atoms with van der Waals surface area (Å²) in [6.07, 6.45) is 0.833. The van der Waals surface area contributed by atoms with Crippen molar-refractivity contribution in [2.75, 3.05) is 0 Å². The Bertz CT molecular complexity index is 289. The van der Waals surface area contributed by atoms with Crippen molar-refractivity contribution in [2.24, 2.45) is 0 Å². The van der Waals surface area contributed by atoms with Crippen LogP contribution in [0.25, 0.3) is 0 Å². The maximum absolute atomic E-state index is 10.0. The molecule has 0 saturated heterocycles. The molecule has 4 nitrogen and oxygen atoms in total. The first-order valence-electron chi connectivity index (χ1n) is 3.00. The van der Waals surface area contributed by atoms with E-state index in [0.29, 0.717) is 0 Å². The predicted octanol–water partition coefficient (Wildman–Crippen LogP) is -0.0786. The molecule has 0 aliphatic carbocycles. The summed E-state index contributed by atoms with van der Waals surface area (Å²) in [6.45, 7) is 0. The maximum atomic E-state index is 10.0. The van der Waals surface area contributed by atoms with Crippen molar-refractivity contribution >= 4 is 46.8 Å². The van der Waals surface area contributed by atoms with E-state index in [1.165, 1.54) is 0 Å². The molecular weight excluding hydrogens is 203 g/mol. The number of rotatable bonds is 1. The van der Waals surface area contributed by atoms with E-state index in [4.69, 9.17) is 13.0 Å². The van der Waals surface area contributed by atoms with E-state index >= 15 is 0 Å². The zero-order chi connectivity index (χ0) is 9.40. The first-order chi connectivity index (χ1) is 5.66. The second-order valence-corrected chi connectivity index (χ2v) is 2.24. The van der Waals surface area contributed by atoms with Crippen molar-refractivity contribution in [3.63, 3.8) is 0 Å². The number of carbonyl (C=O) groups excluding carboxylic acids is 1. The number of aldehydes is 1. The Morgan fingerprint density at radius 2 is 1.54 bits per heavy atom. The minimum atomic E-state index is -3.12. The van der Waals surface area contributed by atoms with Gasteiger partial charge in [-0.3, -0.25) is 9.35 Å². The second kappa shape index (κ2) is 9.88. The Balaban J connectivity index is 0. The molecule has 1 rings (SSSR count). The van der Waals surface area contributed by atoms with Crippen LogP contribution >= 0.6 is 0 Å². The normalized spacial score (nSPS) is 7.85. The minimum absolute atomic E-state index is 0. The van der Waals surface area contributed by atoms with E-state index < -0.39 is 11.0 Å². The fraction of sp³-hybridized carbons (Fsp3) is 0. The average molecular weight is 212 g/mol. The van der Waals surface area contributed by atoms with Crippen LogP contribution in [0.15, 0.2) is 30.3 Å². The first kappa shape index (κ1) is 15.3. The fourth-order valence-electron chi connectivity index (χ4n) is 0.532. The number of benzene rings is 1. The monoisotopic (exact) mass is 212 g/mol. The molecule has 0 fully saturated rings. The zero-order valence-electron chi connectivity index (χ0n) is 6.08. The van der Waals surface area contributed by atoms with Crippen molar-refractivity contribution in [1.29, 1.82) is 0 Å². The molecule has 0 bridgehead atoms. The van der Waals surface area contributed by atoms with Gasteiger partial charge in [-0.05, 0) is 0 Å². The van der Waals surface area contributed by atoms with Gasteiger partial charge in [-0.15, -0.1) is 0 Å². The molecule has 6 heteroatoms. The van der Waals surface area contributed by atoms with Crippen LogP contribution in [-0.2, 0) is 11.0 Å². The summed E-state index contributed by atoms with van der Waals surface area (Å²) in [6, 6.07) is 9.10. The molecule has 0 aliphatic heterocycles. The standard InChI is InChI=1S/C7H6O.Na.H2O3S.H/c8-6-7-4-2-1-3-5-7;;1-4(2)3;/h1-6H;;4H,(H,1,2,3);. The van der Waals surface area contributed by atoms with Gasteiger partial charge < -0.3 is 0 Å². The first-order valence-corrected chi connectivity index (χ1v) is 4.13. The van der Waals surface area contributed by atoms with Gasteiger partial charge in [-0.1, -0.05) is 30.3 Å². The Morgan fingerprint density at radius 3 is 1.77 bits per heavy atom. The van der Waals surface area contributed by atoms with Gasteiger partial charge in [-0.25, -0.2) is 8.42 Å². The molecular formula is C7H9NaO4S. The molecule has 0 unspecified atom stereocenters. The molecule has 0 spiro atoms. The van der Waals surface area contributed by atoms with Crippen molar-refractivity contribution in [3.8, 4) is 0 Å². The van der Waals surface area contributed by atoms with Gasteiger partial charge in [-0.2, -0.15) is 0 Å². The van der Waals surface area contributed by atoms with Crippen molar-refractivity contribution in [2.45, 2.75) is 0 Å². The van der Waals surface area contributed by atoms with Crippen LogP contribution in [0, 0.1) is 0 Å². The van der Waals surface area contributed by atoms with Crippen molar-refractivity contribution in [3.05, 3.63) is 35.9 Å². The van der Waals surface area contributed by atoms with Gasteiger partial charge in [0.25, 0.3) is 11.0 Å². The molecule has 0 aromatic heterocycles. The van der Waals surface area contributed by atoms with Crippen LogP contribution in [0.1, 0.15) is 10.4 Å². The van der Waals surface area contributed by atoms with Crippen LogP contribution in [0.2, 0.25) is 0 Å². The number of carbonyl (C=O) groups is 1. The molecule has 13 heavy (non-hydrogen) atoms. The molecule has 1 N–H and O–H groups in total. The number of hydrogen-bond acceptors (Lipinski definition) is 3. The summed E-state index contributed by atoms with van der Waals surface area (Å²) in [5.41, 5.74) is 0.729. The molecule has 0 atom stereocenters. The van der Waals surface area contributed by atoms with Crippen LogP contribution in [0.4, 0.5) is 0 Å². The summed E-state index contributed by atoms with van der Waals surface area (Å²) in [5.74, 6) is 0. The molecule has 1 aromatic rings. The van der Waals surface area contributed by atoms with Crippen molar-refractivity contribution < 1.29 is 17.8 Å². The average Bonchev–Trinajstić information content (AvgIpc) is 2.05.